The smallest absolute Gasteiger partial charge is 0.143 e. The molecule has 1 aliphatic heterocycles. The average Bonchev–Trinajstić information content (AvgIpc) is 2.66. The van der Waals surface area contributed by atoms with Crippen molar-refractivity contribution in [1.29, 1.82) is 0 Å². The van der Waals surface area contributed by atoms with Gasteiger partial charge in [0.05, 0.1) is 0 Å². The predicted octanol–water partition coefficient (Wildman–Crippen LogP) is 2.29. The molecular weight excluding hydrogens is 210 g/mol. The molecule has 2 heteroatoms. The average molecular weight is 227 g/mol. The van der Waals surface area contributed by atoms with Crippen LogP contribution in [0.4, 0.5) is 0 Å². The second-order valence-electron chi connectivity index (χ2n) is 5.08. The Kier molecular flexibility index (Phi) is 2.60. The maximum atomic E-state index is 10.8. The molecule has 0 radical (unpaired) electrons. The Morgan fingerprint density at radius 1 is 1.18 bits per heavy atom. The monoisotopic (exact) mass is 227 g/mol. The van der Waals surface area contributed by atoms with Crippen molar-refractivity contribution in [3.8, 4) is 0 Å². The standard InChI is InChI=1S/C15H17NO/c17-10-5-12-11-15(6-8-16-9-7-15)14-4-2-1-3-13(12)14/h1-5,10,16H,6-9,11H2/b12-5+. The van der Waals surface area contributed by atoms with Gasteiger partial charge in [-0.05, 0) is 55.1 Å². The highest BCUT2D eigenvalue weighted by atomic mass is 16.1. The Labute approximate surface area is 102 Å². The van der Waals surface area contributed by atoms with Crippen molar-refractivity contribution in [2.45, 2.75) is 24.7 Å². The molecule has 1 heterocycles. The van der Waals surface area contributed by atoms with Crippen LogP contribution in [-0.2, 0) is 10.2 Å². The van der Waals surface area contributed by atoms with E-state index in [2.05, 4.69) is 29.6 Å². The molecule has 0 aromatic heterocycles. The van der Waals surface area contributed by atoms with Crippen molar-refractivity contribution in [1.82, 2.24) is 5.32 Å². The summed E-state index contributed by atoms with van der Waals surface area (Å²) in [6.45, 7) is 2.17. The topological polar surface area (TPSA) is 29.1 Å². The highest BCUT2D eigenvalue weighted by molar-refractivity contribution is 5.86. The molecule has 1 aliphatic carbocycles. The maximum Gasteiger partial charge on any atom is 0.143 e. The van der Waals surface area contributed by atoms with Crippen molar-refractivity contribution in [3.05, 3.63) is 41.5 Å². The molecule has 0 unspecified atom stereocenters. The number of carbonyl (C=O) groups is 1. The van der Waals surface area contributed by atoms with Crippen LogP contribution in [0, 0.1) is 0 Å². The van der Waals surface area contributed by atoms with Gasteiger partial charge in [0.2, 0.25) is 0 Å². The number of carbonyl (C=O) groups excluding carboxylic acids is 1. The SMILES string of the molecule is O=C/C=C1\CC2(CCNCC2)c2ccccc21. The van der Waals surface area contributed by atoms with E-state index in [0.717, 1.165) is 25.8 Å². The van der Waals surface area contributed by atoms with Gasteiger partial charge in [0, 0.05) is 5.41 Å². The number of piperidine rings is 1. The van der Waals surface area contributed by atoms with Crippen molar-refractivity contribution in [2.75, 3.05) is 13.1 Å². The van der Waals surface area contributed by atoms with Gasteiger partial charge in [0.1, 0.15) is 6.29 Å². The number of hydrogen-bond donors (Lipinski definition) is 1. The fourth-order valence-electron chi connectivity index (χ4n) is 3.36. The van der Waals surface area contributed by atoms with Crippen molar-refractivity contribution in [3.63, 3.8) is 0 Å². The van der Waals surface area contributed by atoms with E-state index in [-0.39, 0.29) is 5.41 Å². The van der Waals surface area contributed by atoms with Crippen LogP contribution < -0.4 is 5.32 Å². The fourth-order valence-corrected chi connectivity index (χ4v) is 3.36. The van der Waals surface area contributed by atoms with Crippen molar-refractivity contribution < 1.29 is 4.79 Å². The molecule has 2 aliphatic rings. The number of nitrogens with one attached hydrogen (secondary N) is 1. The van der Waals surface area contributed by atoms with E-state index in [1.54, 1.807) is 6.08 Å². The number of aldehydes is 1. The summed E-state index contributed by atoms with van der Waals surface area (Å²) in [5.74, 6) is 0. The predicted molar refractivity (Wildman–Crippen MR) is 68.9 cm³/mol. The van der Waals surface area contributed by atoms with E-state index < -0.39 is 0 Å². The van der Waals surface area contributed by atoms with Gasteiger partial charge in [-0.2, -0.15) is 0 Å². The van der Waals surface area contributed by atoms with Gasteiger partial charge < -0.3 is 5.32 Å². The van der Waals surface area contributed by atoms with Crippen LogP contribution >= 0.6 is 0 Å². The maximum absolute atomic E-state index is 10.8. The molecule has 0 saturated carbocycles. The Morgan fingerprint density at radius 2 is 1.94 bits per heavy atom. The molecule has 1 N–H and O–H groups in total. The summed E-state index contributed by atoms with van der Waals surface area (Å²) in [6, 6.07) is 8.58. The van der Waals surface area contributed by atoms with E-state index in [9.17, 15) is 4.79 Å². The van der Waals surface area contributed by atoms with Crippen LogP contribution in [0.25, 0.3) is 5.57 Å². The first kappa shape index (κ1) is 10.7. The molecule has 1 aromatic rings. The molecule has 0 bridgehead atoms. The van der Waals surface area contributed by atoms with E-state index in [1.807, 2.05) is 0 Å². The van der Waals surface area contributed by atoms with Gasteiger partial charge in [-0.3, -0.25) is 4.79 Å². The van der Waals surface area contributed by atoms with Crippen molar-refractivity contribution in [2.24, 2.45) is 0 Å². The number of rotatable bonds is 1. The van der Waals surface area contributed by atoms with Crippen LogP contribution in [0.5, 0.6) is 0 Å². The summed E-state index contributed by atoms with van der Waals surface area (Å²) in [5, 5.41) is 3.42. The lowest BCUT2D eigenvalue weighted by atomic mass is 9.74. The first-order chi connectivity index (χ1) is 8.36. The van der Waals surface area contributed by atoms with E-state index in [4.69, 9.17) is 0 Å². The lowest BCUT2D eigenvalue weighted by Gasteiger charge is -2.34. The summed E-state index contributed by atoms with van der Waals surface area (Å²) >= 11 is 0. The van der Waals surface area contributed by atoms with E-state index in [0.29, 0.717) is 0 Å². The normalized spacial score (nSPS) is 23.9. The minimum Gasteiger partial charge on any atom is -0.317 e. The Balaban J connectivity index is 2.10. The summed E-state index contributed by atoms with van der Waals surface area (Å²) in [5.41, 5.74) is 4.25. The molecule has 1 spiro atoms. The second kappa shape index (κ2) is 4.11. The molecule has 1 aromatic carbocycles. The molecular formula is C15H17NO. The molecule has 3 rings (SSSR count). The lowest BCUT2D eigenvalue weighted by molar-refractivity contribution is -0.104. The molecule has 0 atom stereocenters. The van der Waals surface area contributed by atoms with Crippen molar-refractivity contribution >= 4 is 11.9 Å². The molecule has 2 nitrogen and oxygen atoms in total. The summed E-state index contributed by atoms with van der Waals surface area (Å²) in [4.78, 5) is 10.8. The third-order valence-corrected chi connectivity index (χ3v) is 4.20. The summed E-state index contributed by atoms with van der Waals surface area (Å²) in [7, 11) is 0. The van der Waals surface area contributed by atoms with Crippen LogP contribution in [0.1, 0.15) is 30.4 Å². The van der Waals surface area contributed by atoms with Gasteiger partial charge >= 0.3 is 0 Å². The number of allylic oxidation sites excluding steroid dienone is 2. The lowest BCUT2D eigenvalue weighted by Crippen LogP contribution is -2.38. The number of fused-ring (bicyclic) bond motifs is 2. The molecule has 1 fully saturated rings. The molecule has 0 amide bonds. The minimum absolute atomic E-state index is 0.288. The Morgan fingerprint density at radius 3 is 2.71 bits per heavy atom. The van der Waals surface area contributed by atoms with E-state index in [1.165, 1.54) is 29.5 Å². The first-order valence-electron chi connectivity index (χ1n) is 6.31. The van der Waals surface area contributed by atoms with Gasteiger partial charge in [-0.15, -0.1) is 0 Å². The Hall–Kier alpha value is -1.41. The zero-order valence-electron chi connectivity index (χ0n) is 9.91. The quantitative estimate of drug-likeness (QED) is 0.589. The van der Waals surface area contributed by atoms with Gasteiger partial charge in [-0.1, -0.05) is 24.3 Å². The molecule has 88 valence electrons. The molecule has 1 saturated heterocycles. The summed E-state index contributed by atoms with van der Waals surface area (Å²) < 4.78 is 0. The fraction of sp³-hybridized carbons (Fsp3) is 0.400. The van der Waals surface area contributed by atoms with Crippen LogP contribution in [0.3, 0.4) is 0 Å². The third kappa shape index (κ3) is 1.64. The van der Waals surface area contributed by atoms with Crippen LogP contribution in [-0.4, -0.2) is 19.4 Å². The summed E-state index contributed by atoms with van der Waals surface area (Å²) in [6.07, 6.45) is 6.06. The first-order valence-corrected chi connectivity index (χ1v) is 6.31. The van der Waals surface area contributed by atoms with E-state index >= 15 is 0 Å². The zero-order chi connectivity index (χ0) is 11.7. The minimum atomic E-state index is 0.288. The Bertz CT molecular complexity index is 470. The largest absolute Gasteiger partial charge is 0.317 e. The number of hydrogen-bond acceptors (Lipinski definition) is 2. The second-order valence-corrected chi connectivity index (χ2v) is 5.08. The van der Waals surface area contributed by atoms with Crippen LogP contribution in [0.15, 0.2) is 30.3 Å². The van der Waals surface area contributed by atoms with Gasteiger partial charge in [0.25, 0.3) is 0 Å². The van der Waals surface area contributed by atoms with Gasteiger partial charge in [-0.25, -0.2) is 0 Å². The van der Waals surface area contributed by atoms with Crippen LogP contribution in [0.2, 0.25) is 0 Å². The highest BCUT2D eigenvalue weighted by Gasteiger charge is 2.41. The highest BCUT2D eigenvalue weighted by Crippen LogP contribution is 2.50. The third-order valence-electron chi connectivity index (χ3n) is 4.20. The van der Waals surface area contributed by atoms with Gasteiger partial charge in [0.15, 0.2) is 0 Å². The number of benzene rings is 1. The zero-order valence-corrected chi connectivity index (χ0v) is 9.91. The molecule has 17 heavy (non-hydrogen) atoms.